The third-order valence-corrected chi connectivity index (χ3v) is 5.13. The topological polar surface area (TPSA) is 26.3 Å². The molecule has 0 aromatic heterocycles. The molecule has 0 aliphatic rings. The molecule has 0 spiro atoms. The Hall–Kier alpha value is -2.80. The van der Waals surface area contributed by atoms with Gasteiger partial charge < -0.3 is 4.74 Å². The molecular formula is C22H16F4O2S. The van der Waals surface area contributed by atoms with Gasteiger partial charge in [0.2, 0.25) is 0 Å². The molecule has 3 rings (SSSR count). The van der Waals surface area contributed by atoms with Gasteiger partial charge in [0.15, 0.2) is 0 Å². The molecule has 0 saturated carbocycles. The Morgan fingerprint density at radius 1 is 0.966 bits per heavy atom. The molecule has 150 valence electrons. The molecule has 0 atom stereocenters. The Morgan fingerprint density at radius 2 is 1.66 bits per heavy atom. The van der Waals surface area contributed by atoms with E-state index in [-0.39, 0.29) is 18.0 Å². The summed E-state index contributed by atoms with van der Waals surface area (Å²) >= 11 is 1.40. The first-order chi connectivity index (χ1) is 13.8. The monoisotopic (exact) mass is 420 g/mol. The Labute approximate surface area is 169 Å². The minimum absolute atomic E-state index is 0.0971. The maximum Gasteiger partial charge on any atom is 0.416 e. The number of carbonyl (C=O) groups is 1. The molecule has 0 heterocycles. The molecule has 0 aliphatic carbocycles. The van der Waals surface area contributed by atoms with Gasteiger partial charge in [-0.25, -0.2) is 4.39 Å². The van der Waals surface area contributed by atoms with Crippen LogP contribution in [0.1, 0.15) is 11.1 Å². The normalized spacial score (nSPS) is 11.3. The van der Waals surface area contributed by atoms with E-state index in [1.165, 1.54) is 18.9 Å². The molecule has 3 aromatic carbocycles. The Bertz CT molecular complexity index is 1030. The van der Waals surface area contributed by atoms with Gasteiger partial charge in [-0.3, -0.25) is 4.79 Å². The summed E-state index contributed by atoms with van der Waals surface area (Å²) < 4.78 is 57.2. The maximum absolute atomic E-state index is 14.3. The average Bonchev–Trinajstić information content (AvgIpc) is 2.67. The van der Waals surface area contributed by atoms with Crippen LogP contribution in [0.5, 0.6) is 0 Å². The Balaban J connectivity index is 1.84. The van der Waals surface area contributed by atoms with E-state index in [0.29, 0.717) is 11.6 Å². The lowest BCUT2D eigenvalue weighted by Gasteiger charge is -2.10. The molecule has 0 amide bonds. The lowest BCUT2D eigenvalue weighted by molar-refractivity contribution is -0.140. The van der Waals surface area contributed by atoms with Crippen molar-refractivity contribution in [2.45, 2.75) is 22.4 Å². The zero-order valence-electron chi connectivity index (χ0n) is 15.3. The van der Waals surface area contributed by atoms with Crippen LogP contribution in [-0.4, -0.2) is 13.1 Å². The zero-order valence-corrected chi connectivity index (χ0v) is 16.1. The summed E-state index contributed by atoms with van der Waals surface area (Å²) in [4.78, 5) is 13.1. The second-order valence-corrected chi connectivity index (χ2v) is 7.37. The molecule has 3 aromatic rings. The van der Waals surface area contributed by atoms with Crippen molar-refractivity contribution in [3.05, 3.63) is 83.7 Å². The van der Waals surface area contributed by atoms with Gasteiger partial charge in [-0.05, 0) is 47.5 Å². The van der Waals surface area contributed by atoms with Gasteiger partial charge >= 0.3 is 12.1 Å². The molecule has 2 nitrogen and oxygen atoms in total. The van der Waals surface area contributed by atoms with Gasteiger partial charge in [-0.2, -0.15) is 13.2 Å². The van der Waals surface area contributed by atoms with E-state index in [1.54, 1.807) is 18.2 Å². The number of alkyl halides is 3. The molecule has 0 fully saturated rings. The van der Waals surface area contributed by atoms with Crippen LogP contribution in [0.4, 0.5) is 17.6 Å². The van der Waals surface area contributed by atoms with E-state index >= 15 is 0 Å². The fourth-order valence-electron chi connectivity index (χ4n) is 2.75. The number of carbonyl (C=O) groups excluding carboxylic acids is 1. The first kappa shape index (κ1) is 20.9. The van der Waals surface area contributed by atoms with Gasteiger partial charge in [0.1, 0.15) is 5.82 Å². The summed E-state index contributed by atoms with van der Waals surface area (Å²) in [7, 11) is 1.33. The quantitative estimate of drug-likeness (QED) is 0.354. The number of benzene rings is 3. The molecule has 0 saturated heterocycles. The van der Waals surface area contributed by atoms with E-state index in [1.807, 2.05) is 30.3 Å². The summed E-state index contributed by atoms with van der Waals surface area (Å²) in [6.07, 6.45) is -4.44. The first-order valence-electron chi connectivity index (χ1n) is 8.57. The lowest BCUT2D eigenvalue weighted by atomic mass is 10.0. The van der Waals surface area contributed by atoms with Crippen LogP contribution in [0, 0.1) is 5.82 Å². The minimum Gasteiger partial charge on any atom is -0.469 e. The average molecular weight is 420 g/mol. The number of esters is 1. The van der Waals surface area contributed by atoms with Crippen molar-refractivity contribution in [3.63, 3.8) is 0 Å². The number of methoxy groups -OCH3 is 1. The zero-order chi connectivity index (χ0) is 21.0. The number of halogens is 4. The highest BCUT2D eigenvalue weighted by atomic mass is 32.2. The van der Waals surface area contributed by atoms with E-state index in [0.717, 1.165) is 27.5 Å². The molecule has 0 bridgehead atoms. The highest BCUT2D eigenvalue weighted by Crippen LogP contribution is 2.35. The van der Waals surface area contributed by atoms with Crippen molar-refractivity contribution in [1.82, 2.24) is 0 Å². The van der Waals surface area contributed by atoms with Crippen LogP contribution in [0.15, 0.2) is 76.5 Å². The van der Waals surface area contributed by atoms with Crippen LogP contribution < -0.4 is 0 Å². The van der Waals surface area contributed by atoms with Gasteiger partial charge in [-0.15, -0.1) is 0 Å². The number of ether oxygens (including phenoxy) is 1. The van der Waals surface area contributed by atoms with Crippen molar-refractivity contribution >= 4 is 17.7 Å². The fraction of sp³-hybridized carbons (Fsp3) is 0.136. The molecule has 0 aliphatic heterocycles. The van der Waals surface area contributed by atoms with Gasteiger partial charge in [0, 0.05) is 15.4 Å². The summed E-state index contributed by atoms with van der Waals surface area (Å²) in [5, 5.41) is 0. The van der Waals surface area contributed by atoms with Crippen molar-refractivity contribution in [2.75, 3.05) is 7.11 Å². The third-order valence-electron chi connectivity index (χ3n) is 4.15. The first-order valence-corrected chi connectivity index (χ1v) is 9.39. The van der Waals surface area contributed by atoms with Crippen LogP contribution in [0.25, 0.3) is 11.1 Å². The van der Waals surface area contributed by atoms with Crippen LogP contribution in [-0.2, 0) is 22.1 Å². The third kappa shape index (κ3) is 5.38. The predicted octanol–water partition coefficient (Wildman–Crippen LogP) is 6.38. The summed E-state index contributed by atoms with van der Waals surface area (Å²) in [6.45, 7) is 0. The van der Waals surface area contributed by atoms with Crippen molar-refractivity contribution in [1.29, 1.82) is 0 Å². The van der Waals surface area contributed by atoms with E-state index < -0.39 is 17.6 Å². The van der Waals surface area contributed by atoms with Crippen LogP contribution in [0.2, 0.25) is 0 Å². The molecule has 0 unspecified atom stereocenters. The lowest BCUT2D eigenvalue weighted by Crippen LogP contribution is -2.05. The molecule has 7 heteroatoms. The van der Waals surface area contributed by atoms with Crippen molar-refractivity contribution < 1.29 is 27.1 Å². The summed E-state index contributed by atoms with van der Waals surface area (Å²) in [5.74, 6) is -1.27. The Kier molecular flexibility index (Phi) is 6.27. The second kappa shape index (κ2) is 8.69. The SMILES string of the molecule is COC(=O)Cc1cccc(Sc2cccc(-c3ccc(C(F)(F)F)cc3F)c2)c1. The predicted molar refractivity (Wildman–Crippen MR) is 103 cm³/mol. The molecule has 0 N–H and O–H groups in total. The number of hydrogen-bond donors (Lipinski definition) is 0. The number of hydrogen-bond acceptors (Lipinski definition) is 3. The second-order valence-electron chi connectivity index (χ2n) is 6.22. The summed E-state index contributed by atoms with van der Waals surface area (Å²) in [5.41, 5.74) is 0.352. The highest BCUT2D eigenvalue weighted by molar-refractivity contribution is 7.99. The van der Waals surface area contributed by atoms with Gasteiger partial charge in [0.05, 0.1) is 19.1 Å². The van der Waals surface area contributed by atoms with Crippen molar-refractivity contribution in [3.8, 4) is 11.1 Å². The standard InChI is InChI=1S/C22H16F4O2S/c1-28-21(27)11-14-4-2-6-17(10-14)29-18-7-3-5-15(12-18)19-9-8-16(13-20(19)23)22(24,25)26/h2-10,12-13H,11H2,1H3. The Morgan fingerprint density at radius 3 is 2.31 bits per heavy atom. The van der Waals surface area contributed by atoms with E-state index in [9.17, 15) is 22.4 Å². The largest absolute Gasteiger partial charge is 0.469 e. The highest BCUT2D eigenvalue weighted by Gasteiger charge is 2.31. The fourth-order valence-corrected chi connectivity index (χ4v) is 3.71. The van der Waals surface area contributed by atoms with E-state index in [2.05, 4.69) is 4.74 Å². The van der Waals surface area contributed by atoms with Gasteiger partial charge in [-0.1, -0.05) is 42.1 Å². The smallest absolute Gasteiger partial charge is 0.416 e. The van der Waals surface area contributed by atoms with E-state index in [4.69, 9.17) is 0 Å². The minimum atomic E-state index is -4.59. The van der Waals surface area contributed by atoms with Crippen molar-refractivity contribution in [2.24, 2.45) is 0 Å². The molecule has 0 radical (unpaired) electrons. The van der Waals surface area contributed by atoms with Crippen LogP contribution in [0.3, 0.4) is 0 Å². The van der Waals surface area contributed by atoms with Crippen LogP contribution >= 0.6 is 11.8 Å². The summed E-state index contributed by atoms with van der Waals surface area (Å²) in [6, 6.07) is 16.8. The maximum atomic E-state index is 14.3. The molecular weight excluding hydrogens is 404 g/mol. The number of rotatable bonds is 5. The molecule has 29 heavy (non-hydrogen) atoms. The van der Waals surface area contributed by atoms with Gasteiger partial charge in [0.25, 0.3) is 0 Å².